The van der Waals surface area contributed by atoms with Crippen LogP contribution < -0.4 is 4.74 Å². The van der Waals surface area contributed by atoms with Gasteiger partial charge in [0.2, 0.25) is 0 Å². The Balaban J connectivity index is 2.35. The Morgan fingerprint density at radius 2 is 1.62 bits per heavy atom. The van der Waals surface area contributed by atoms with Gasteiger partial charge in [0, 0.05) is 0 Å². The first-order valence-corrected chi connectivity index (χ1v) is 8.11. The van der Waals surface area contributed by atoms with Crippen molar-refractivity contribution in [3.63, 3.8) is 0 Å². The van der Waals surface area contributed by atoms with Gasteiger partial charge in [-0.15, -0.1) is 0 Å². The second-order valence-corrected chi connectivity index (χ2v) is 5.91. The molecule has 0 aliphatic carbocycles. The maximum atomic E-state index is 13.8. The molecule has 0 N–H and O–H groups in total. The average Bonchev–Trinajstić information content (AvgIpc) is 2.53. The second-order valence-electron chi connectivity index (χ2n) is 4.99. The van der Waals surface area contributed by atoms with E-state index in [4.69, 9.17) is 4.74 Å². The van der Waals surface area contributed by atoms with Crippen LogP contribution in [-0.4, -0.2) is 7.11 Å². The summed E-state index contributed by atoms with van der Waals surface area (Å²) in [5, 5.41) is 0. The maximum Gasteiger partial charge on any atom is 0.165 e. The number of hydrogen-bond acceptors (Lipinski definition) is 1. The van der Waals surface area contributed by atoms with Crippen molar-refractivity contribution in [2.24, 2.45) is 0 Å². The number of alkyl halides is 1. The molecule has 1 atom stereocenters. The van der Waals surface area contributed by atoms with Gasteiger partial charge < -0.3 is 4.74 Å². The predicted molar refractivity (Wildman–Crippen MR) is 88.9 cm³/mol. The average molecular weight is 351 g/mol. The van der Waals surface area contributed by atoms with Gasteiger partial charge in [-0.1, -0.05) is 54.0 Å². The van der Waals surface area contributed by atoms with Gasteiger partial charge in [0.15, 0.2) is 11.6 Å². The normalized spacial score (nSPS) is 12.2. The zero-order chi connectivity index (χ0) is 15.4. The van der Waals surface area contributed by atoms with Crippen molar-refractivity contribution >= 4 is 15.9 Å². The molecule has 0 spiro atoms. The first-order chi connectivity index (χ1) is 10.1. The topological polar surface area (TPSA) is 9.23 Å². The highest BCUT2D eigenvalue weighted by molar-refractivity contribution is 9.09. The highest BCUT2D eigenvalue weighted by atomic mass is 79.9. The highest BCUT2D eigenvalue weighted by Crippen LogP contribution is 2.34. The fourth-order valence-electron chi connectivity index (χ4n) is 2.51. The van der Waals surface area contributed by atoms with Gasteiger partial charge in [-0.05, 0) is 47.2 Å². The van der Waals surface area contributed by atoms with E-state index in [1.165, 1.54) is 24.3 Å². The minimum Gasteiger partial charge on any atom is -0.494 e. The van der Waals surface area contributed by atoms with Crippen molar-refractivity contribution in [1.82, 2.24) is 0 Å². The molecule has 0 amide bonds. The van der Waals surface area contributed by atoms with Crippen molar-refractivity contribution in [2.75, 3.05) is 7.11 Å². The van der Waals surface area contributed by atoms with Gasteiger partial charge in [0.25, 0.3) is 0 Å². The molecule has 0 saturated carbocycles. The van der Waals surface area contributed by atoms with Gasteiger partial charge in [-0.2, -0.15) is 0 Å². The summed E-state index contributed by atoms with van der Waals surface area (Å²) in [6.45, 7) is 4.33. The molecule has 1 nitrogen and oxygen atoms in total. The van der Waals surface area contributed by atoms with E-state index in [0.717, 1.165) is 24.0 Å². The molecule has 0 saturated heterocycles. The lowest BCUT2D eigenvalue weighted by Gasteiger charge is -2.15. The molecule has 2 aromatic rings. The quantitative estimate of drug-likeness (QED) is 0.652. The summed E-state index contributed by atoms with van der Waals surface area (Å²) < 4.78 is 18.8. The molecule has 0 aliphatic rings. The molecule has 0 aromatic heterocycles. The van der Waals surface area contributed by atoms with Crippen molar-refractivity contribution in [2.45, 2.75) is 31.5 Å². The van der Waals surface area contributed by atoms with E-state index < -0.39 is 0 Å². The largest absolute Gasteiger partial charge is 0.494 e. The smallest absolute Gasteiger partial charge is 0.165 e. The molecular formula is C18H20BrFO. The number of rotatable bonds is 5. The summed E-state index contributed by atoms with van der Waals surface area (Å²) in [5.41, 5.74) is 4.77. The van der Waals surface area contributed by atoms with Crippen LogP contribution in [0.15, 0.2) is 36.4 Å². The Labute approximate surface area is 134 Å². The van der Waals surface area contributed by atoms with Gasteiger partial charge >= 0.3 is 0 Å². The van der Waals surface area contributed by atoms with Crippen LogP contribution in [0.1, 0.15) is 40.9 Å². The molecule has 0 radical (unpaired) electrons. The molecule has 2 rings (SSSR count). The summed E-state index contributed by atoms with van der Waals surface area (Å²) in [7, 11) is 1.47. The van der Waals surface area contributed by atoms with Crippen molar-refractivity contribution in [3.8, 4) is 5.75 Å². The Bertz CT molecular complexity index is 625. The molecule has 1 unspecified atom stereocenters. The van der Waals surface area contributed by atoms with Crippen LogP contribution in [0.4, 0.5) is 4.39 Å². The molecule has 0 fully saturated rings. The molecule has 112 valence electrons. The lowest BCUT2D eigenvalue weighted by molar-refractivity contribution is 0.386. The number of aryl methyl sites for hydroxylation is 2. The van der Waals surface area contributed by atoms with E-state index in [1.807, 2.05) is 6.07 Å². The molecule has 3 heteroatoms. The van der Waals surface area contributed by atoms with Crippen LogP contribution in [0.25, 0.3) is 0 Å². The summed E-state index contributed by atoms with van der Waals surface area (Å²) in [4.78, 5) is -0.0193. The summed E-state index contributed by atoms with van der Waals surface area (Å²) >= 11 is 3.68. The number of hydrogen-bond donors (Lipinski definition) is 0. The van der Waals surface area contributed by atoms with E-state index in [0.29, 0.717) is 0 Å². The summed E-state index contributed by atoms with van der Waals surface area (Å²) in [6.07, 6.45) is 2.04. The molecule has 2 aromatic carbocycles. The molecule has 21 heavy (non-hydrogen) atoms. The lowest BCUT2D eigenvalue weighted by Crippen LogP contribution is -1.99. The standard InChI is InChI=1S/C18H20BrFO/c1-4-12-6-7-14(10-13(12)5-2)18(19)15-8-9-17(21-3)16(20)11-15/h6-11,18H,4-5H2,1-3H3. The first kappa shape index (κ1) is 16.0. The fraction of sp³-hybridized carbons (Fsp3) is 0.333. The third-order valence-electron chi connectivity index (χ3n) is 3.75. The van der Waals surface area contributed by atoms with Crippen LogP contribution in [-0.2, 0) is 12.8 Å². The number of ether oxygens (including phenoxy) is 1. The van der Waals surface area contributed by atoms with Crippen molar-refractivity contribution in [1.29, 1.82) is 0 Å². The predicted octanol–water partition coefficient (Wildman–Crippen LogP) is 5.44. The van der Waals surface area contributed by atoms with Gasteiger partial charge in [-0.25, -0.2) is 4.39 Å². The zero-order valence-electron chi connectivity index (χ0n) is 12.6. The molecular weight excluding hydrogens is 331 g/mol. The number of halogens is 2. The third kappa shape index (κ3) is 3.46. The van der Waals surface area contributed by atoms with Crippen LogP contribution in [0, 0.1) is 5.82 Å². The van der Waals surface area contributed by atoms with Gasteiger partial charge in [0.1, 0.15) is 0 Å². The van der Waals surface area contributed by atoms with E-state index >= 15 is 0 Å². The molecule has 0 bridgehead atoms. The number of methoxy groups -OCH3 is 1. The second kappa shape index (κ2) is 7.08. The van der Waals surface area contributed by atoms with Crippen molar-refractivity contribution in [3.05, 3.63) is 64.5 Å². The lowest BCUT2D eigenvalue weighted by atomic mass is 9.96. The van der Waals surface area contributed by atoms with Crippen molar-refractivity contribution < 1.29 is 9.13 Å². The van der Waals surface area contributed by atoms with Crippen LogP contribution in [0.3, 0.4) is 0 Å². The third-order valence-corrected chi connectivity index (χ3v) is 4.81. The summed E-state index contributed by atoms with van der Waals surface area (Å²) in [5.74, 6) is -0.0608. The minimum atomic E-state index is -0.333. The van der Waals surface area contributed by atoms with Gasteiger partial charge in [0.05, 0.1) is 11.9 Å². The number of benzene rings is 2. The van der Waals surface area contributed by atoms with E-state index in [9.17, 15) is 4.39 Å². The Kier molecular flexibility index (Phi) is 5.40. The fourth-order valence-corrected chi connectivity index (χ4v) is 3.08. The van der Waals surface area contributed by atoms with Crippen LogP contribution >= 0.6 is 15.9 Å². The summed E-state index contributed by atoms with van der Waals surface area (Å²) in [6, 6.07) is 11.6. The Hall–Kier alpha value is -1.35. The van der Waals surface area contributed by atoms with E-state index in [-0.39, 0.29) is 16.4 Å². The first-order valence-electron chi connectivity index (χ1n) is 7.19. The SMILES string of the molecule is CCc1ccc(C(Br)c2ccc(OC)c(F)c2)cc1CC. The zero-order valence-corrected chi connectivity index (χ0v) is 14.2. The Morgan fingerprint density at radius 1 is 1.00 bits per heavy atom. The van der Waals surface area contributed by atoms with Crippen LogP contribution in [0.2, 0.25) is 0 Å². The van der Waals surface area contributed by atoms with Crippen LogP contribution in [0.5, 0.6) is 5.75 Å². The van der Waals surface area contributed by atoms with Gasteiger partial charge in [-0.3, -0.25) is 0 Å². The van der Waals surface area contributed by atoms with E-state index in [2.05, 4.69) is 48.0 Å². The highest BCUT2D eigenvalue weighted by Gasteiger charge is 2.14. The molecule has 0 aliphatic heterocycles. The monoisotopic (exact) mass is 350 g/mol. The maximum absolute atomic E-state index is 13.8. The molecule has 0 heterocycles. The Morgan fingerprint density at radius 3 is 2.19 bits per heavy atom. The minimum absolute atomic E-state index is 0.0193. The van der Waals surface area contributed by atoms with E-state index in [1.54, 1.807) is 6.07 Å².